The molecule has 1 aliphatic rings. The van der Waals surface area contributed by atoms with Gasteiger partial charge in [-0.1, -0.05) is 24.3 Å². The van der Waals surface area contributed by atoms with Crippen LogP contribution < -0.4 is 10.7 Å². The molecule has 1 amide bonds. The summed E-state index contributed by atoms with van der Waals surface area (Å²) in [5.74, 6) is -0.132. The number of esters is 1. The number of nitro benzene ring substituents is 2. The molecule has 2 N–H and O–H groups in total. The van der Waals surface area contributed by atoms with Gasteiger partial charge in [0.25, 0.3) is 17.3 Å². The van der Waals surface area contributed by atoms with Crippen LogP contribution in [0.4, 0.5) is 17.1 Å². The van der Waals surface area contributed by atoms with Crippen molar-refractivity contribution in [3.05, 3.63) is 85.3 Å². The van der Waals surface area contributed by atoms with Gasteiger partial charge in [0.05, 0.1) is 40.5 Å². The second-order valence-corrected chi connectivity index (χ2v) is 8.66. The highest BCUT2D eigenvalue weighted by atomic mass is 32.2. The molecule has 0 spiro atoms. The van der Waals surface area contributed by atoms with Crippen LogP contribution in [0.25, 0.3) is 0 Å². The first-order valence-electron chi connectivity index (χ1n) is 10.8. The predicted octanol–water partition coefficient (Wildman–Crippen LogP) is 4.04. The fourth-order valence-electron chi connectivity index (χ4n) is 3.31. The number of allylic oxidation sites excluding steroid dienone is 1. The van der Waals surface area contributed by atoms with Crippen LogP contribution in [0.5, 0.6) is 0 Å². The number of amides is 1. The zero-order valence-corrected chi connectivity index (χ0v) is 20.0. The third-order valence-electron chi connectivity index (χ3n) is 5.10. The number of anilines is 1. The van der Waals surface area contributed by atoms with Gasteiger partial charge >= 0.3 is 5.97 Å². The Morgan fingerprint density at radius 2 is 1.81 bits per heavy atom. The molecule has 0 bridgehead atoms. The second-order valence-electron chi connectivity index (χ2n) is 7.60. The van der Waals surface area contributed by atoms with Crippen molar-refractivity contribution in [2.24, 2.45) is 5.10 Å². The number of rotatable bonds is 10. The molecule has 1 aliphatic heterocycles. The van der Waals surface area contributed by atoms with Crippen molar-refractivity contribution in [2.45, 2.75) is 25.3 Å². The fourth-order valence-corrected chi connectivity index (χ4v) is 4.47. The number of carbonyl (C=O) groups is 2. The van der Waals surface area contributed by atoms with E-state index in [-0.39, 0.29) is 24.0 Å². The third kappa shape index (κ3) is 7.12. The van der Waals surface area contributed by atoms with E-state index in [4.69, 9.17) is 0 Å². The largest absolute Gasteiger partial charge is 0.469 e. The monoisotopic (exact) mass is 513 g/mol. The van der Waals surface area contributed by atoms with Crippen LogP contribution in [0, 0.1) is 20.2 Å². The Hall–Kier alpha value is -4.26. The van der Waals surface area contributed by atoms with E-state index in [1.165, 1.54) is 18.9 Å². The first-order valence-corrected chi connectivity index (χ1v) is 11.8. The molecule has 1 saturated heterocycles. The summed E-state index contributed by atoms with van der Waals surface area (Å²) in [5.41, 5.74) is 2.75. The van der Waals surface area contributed by atoms with Gasteiger partial charge in [-0.25, -0.2) is 0 Å². The average molecular weight is 514 g/mol. The second kappa shape index (κ2) is 12.4. The zero-order valence-electron chi connectivity index (χ0n) is 19.2. The van der Waals surface area contributed by atoms with E-state index >= 15 is 0 Å². The van der Waals surface area contributed by atoms with Gasteiger partial charge < -0.3 is 10.1 Å². The Labute approximate surface area is 210 Å². The normalized spacial score (nSPS) is 17.1. The number of ether oxygens (including phenoxy) is 1. The molecule has 0 radical (unpaired) electrons. The number of carbonyl (C=O) groups excluding carboxylic acids is 2. The lowest BCUT2D eigenvalue weighted by atomic mass is 10.1. The van der Waals surface area contributed by atoms with Gasteiger partial charge in [0.15, 0.2) is 0 Å². The van der Waals surface area contributed by atoms with Crippen LogP contribution in [0.3, 0.4) is 0 Å². The SMILES string of the molecule is COC(=O)CCC/C=C1/SC[C@H](NC(=O)c2ccccc2)/C1=N\Nc1cc([N+](=O)[O-])cc([N+](=O)[O-])c1. The number of nitro groups is 2. The van der Waals surface area contributed by atoms with Crippen LogP contribution in [-0.4, -0.2) is 46.3 Å². The number of nitrogens with zero attached hydrogens (tertiary/aromatic N) is 3. The number of hydrazone groups is 1. The van der Waals surface area contributed by atoms with Gasteiger partial charge in [0.1, 0.15) is 0 Å². The number of hydrogen-bond acceptors (Lipinski definition) is 10. The number of benzene rings is 2. The molecule has 1 heterocycles. The first-order chi connectivity index (χ1) is 17.3. The minimum Gasteiger partial charge on any atom is -0.469 e. The molecule has 2 aromatic rings. The van der Waals surface area contributed by atoms with Gasteiger partial charge in [0, 0.05) is 34.8 Å². The first kappa shape index (κ1) is 26.3. The van der Waals surface area contributed by atoms with Crippen LogP contribution >= 0.6 is 11.8 Å². The molecule has 36 heavy (non-hydrogen) atoms. The average Bonchev–Trinajstić information content (AvgIpc) is 3.26. The Balaban J connectivity index is 1.85. The Morgan fingerprint density at radius 3 is 2.42 bits per heavy atom. The van der Waals surface area contributed by atoms with E-state index in [0.717, 1.165) is 23.1 Å². The summed E-state index contributed by atoms with van der Waals surface area (Å²) in [6.45, 7) is 0. The zero-order chi connectivity index (χ0) is 26.1. The number of hydrogen-bond donors (Lipinski definition) is 2. The lowest BCUT2D eigenvalue weighted by molar-refractivity contribution is -0.394. The molecular weight excluding hydrogens is 490 g/mol. The smallest absolute Gasteiger partial charge is 0.305 e. The van der Waals surface area contributed by atoms with Crippen LogP contribution in [0.2, 0.25) is 0 Å². The standard InChI is InChI=1S/C23H23N5O7S/c1-35-21(29)10-6-5-9-20-22(19(14-36-20)24-23(30)15-7-3-2-4-8-15)26-25-16-11-17(27(31)32)13-18(12-16)28(33)34/h2-4,7-9,11-13,19,25H,5-6,10,14H2,1H3,(H,24,30)/b20-9+,26-22+/t19-/m0/s1. The maximum absolute atomic E-state index is 12.7. The Kier molecular flexibility index (Phi) is 9.11. The lowest BCUT2D eigenvalue weighted by Gasteiger charge is -2.14. The van der Waals surface area contributed by atoms with E-state index in [2.05, 4.69) is 20.6 Å². The minimum absolute atomic E-state index is 0.0541. The molecule has 0 saturated carbocycles. The van der Waals surface area contributed by atoms with Gasteiger partial charge in [-0.2, -0.15) is 5.10 Å². The number of non-ortho nitro benzene ring substituents is 2. The molecule has 3 rings (SSSR count). The van der Waals surface area contributed by atoms with E-state index in [1.54, 1.807) is 30.3 Å². The van der Waals surface area contributed by atoms with Gasteiger partial charge in [-0.05, 0) is 25.0 Å². The van der Waals surface area contributed by atoms with Gasteiger partial charge in [0.2, 0.25) is 0 Å². The van der Waals surface area contributed by atoms with E-state index < -0.39 is 27.3 Å². The molecule has 188 valence electrons. The highest BCUT2D eigenvalue weighted by molar-refractivity contribution is 8.04. The summed E-state index contributed by atoms with van der Waals surface area (Å²) in [6, 6.07) is 11.3. The van der Waals surface area contributed by atoms with E-state index in [0.29, 0.717) is 29.9 Å². The van der Waals surface area contributed by atoms with Crippen LogP contribution in [0.15, 0.2) is 64.6 Å². The summed E-state index contributed by atoms with van der Waals surface area (Å²) in [5, 5.41) is 29.7. The van der Waals surface area contributed by atoms with Crippen LogP contribution in [0.1, 0.15) is 29.6 Å². The third-order valence-corrected chi connectivity index (χ3v) is 6.29. The predicted molar refractivity (Wildman–Crippen MR) is 135 cm³/mol. The number of thioether (sulfide) groups is 1. The summed E-state index contributed by atoms with van der Waals surface area (Å²) in [7, 11) is 1.32. The Bertz CT molecular complexity index is 1180. The van der Waals surface area contributed by atoms with Gasteiger partial charge in [-0.3, -0.25) is 35.2 Å². The van der Waals surface area contributed by atoms with E-state index in [9.17, 15) is 29.8 Å². The molecule has 1 atom stereocenters. The maximum Gasteiger partial charge on any atom is 0.305 e. The van der Waals surface area contributed by atoms with Crippen molar-refractivity contribution >= 4 is 46.4 Å². The molecule has 1 fully saturated rings. The molecular formula is C23H23N5O7S. The van der Waals surface area contributed by atoms with E-state index in [1.807, 2.05) is 6.08 Å². The topological polar surface area (TPSA) is 166 Å². The fraction of sp³-hybridized carbons (Fsp3) is 0.261. The maximum atomic E-state index is 12.7. The lowest BCUT2D eigenvalue weighted by Crippen LogP contribution is -2.40. The van der Waals surface area contributed by atoms with Crippen LogP contribution in [-0.2, 0) is 9.53 Å². The van der Waals surface area contributed by atoms with Crippen molar-refractivity contribution in [2.75, 3.05) is 18.3 Å². The summed E-state index contributed by atoms with van der Waals surface area (Å²) in [4.78, 5) is 45.8. The van der Waals surface area contributed by atoms with Crippen molar-refractivity contribution in [3.63, 3.8) is 0 Å². The van der Waals surface area contributed by atoms with Crippen molar-refractivity contribution in [3.8, 4) is 0 Å². The molecule has 12 nitrogen and oxygen atoms in total. The number of nitrogens with one attached hydrogen (secondary N) is 2. The highest BCUT2D eigenvalue weighted by Gasteiger charge is 2.30. The molecule has 0 aromatic heterocycles. The highest BCUT2D eigenvalue weighted by Crippen LogP contribution is 2.31. The molecule has 0 unspecified atom stereocenters. The van der Waals surface area contributed by atoms with Crippen molar-refractivity contribution in [1.29, 1.82) is 0 Å². The van der Waals surface area contributed by atoms with Crippen molar-refractivity contribution in [1.82, 2.24) is 5.32 Å². The number of methoxy groups -OCH3 is 1. The Morgan fingerprint density at radius 1 is 1.14 bits per heavy atom. The van der Waals surface area contributed by atoms with Crippen molar-refractivity contribution < 1.29 is 24.2 Å². The summed E-state index contributed by atoms with van der Waals surface area (Å²) >= 11 is 1.45. The quantitative estimate of drug-likeness (QED) is 0.206. The summed E-state index contributed by atoms with van der Waals surface area (Å²) in [6.07, 6.45) is 3.24. The number of unbranched alkanes of at least 4 members (excludes halogenated alkanes) is 1. The molecule has 13 heteroatoms. The molecule has 0 aliphatic carbocycles. The van der Waals surface area contributed by atoms with Gasteiger partial charge in [-0.15, -0.1) is 11.8 Å². The summed E-state index contributed by atoms with van der Waals surface area (Å²) < 4.78 is 4.64. The molecule has 2 aromatic carbocycles. The minimum atomic E-state index is -0.730.